The van der Waals surface area contributed by atoms with Gasteiger partial charge in [0.2, 0.25) is 5.95 Å². The first-order valence-corrected chi connectivity index (χ1v) is 5.67. The Morgan fingerprint density at radius 2 is 2.07 bits per heavy atom. The van der Waals surface area contributed by atoms with Crippen molar-refractivity contribution in [2.45, 2.75) is 19.8 Å². The fourth-order valence-electron chi connectivity index (χ4n) is 1.29. The molecule has 78 valence electrons. The number of aromatic nitrogens is 3. The first-order valence-electron chi connectivity index (χ1n) is 4.79. The van der Waals surface area contributed by atoms with Crippen LogP contribution in [0.25, 0.3) is 0 Å². The van der Waals surface area contributed by atoms with Crippen molar-refractivity contribution in [3.8, 4) is 0 Å². The number of aryl methyl sites for hydroxylation is 1. The van der Waals surface area contributed by atoms with Crippen LogP contribution in [-0.4, -0.2) is 15.0 Å². The van der Waals surface area contributed by atoms with Gasteiger partial charge in [-0.3, -0.25) is 0 Å². The normalized spacial score (nSPS) is 10.5. The monoisotopic (exact) mass is 220 g/mol. The molecule has 2 N–H and O–H groups in total. The minimum atomic E-state index is 0.313. The van der Waals surface area contributed by atoms with Crippen LogP contribution in [0, 0.1) is 0 Å². The third-order valence-electron chi connectivity index (χ3n) is 1.97. The summed E-state index contributed by atoms with van der Waals surface area (Å²) in [5.41, 5.74) is 5.61. The predicted molar refractivity (Wildman–Crippen MR) is 60.7 cm³/mol. The minimum Gasteiger partial charge on any atom is -0.368 e. The predicted octanol–water partition coefficient (Wildman–Crippen LogP) is 1.67. The number of nitrogens with two attached hydrogens (primary N) is 1. The van der Waals surface area contributed by atoms with Gasteiger partial charge in [-0.15, -0.1) is 11.3 Å². The van der Waals surface area contributed by atoms with Gasteiger partial charge in [-0.1, -0.05) is 13.0 Å². The van der Waals surface area contributed by atoms with Crippen LogP contribution in [0.5, 0.6) is 0 Å². The maximum Gasteiger partial charge on any atom is 0.223 e. The average molecular weight is 220 g/mol. The summed E-state index contributed by atoms with van der Waals surface area (Å²) in [5, 5.41) is 2.04. The Hall–Kier alpha value is -1.49. The van der Waals surface area contributed by atoms with Crippen molar-refractivity contribution in [2.24, 2.45) is 0 Å². The SMILES string of the molecule is CCc1nc(N)nc(Cc2cccs2)n1. The average Bonchev–Trinajstić information content (AvgIpc) is 2.69. The molecule has 0 fully saturated rings. The maximum atomic E-state index is 5.61. The van der Waals surface area contributed by atoms with E-state index in [2.05, 4.69) is 21.0 Å². The molecule has 0 unspecified atom stereocenters. The Kier molecular flexibility index (Phi) is 2.91. The van der Waals surface area contributed by atoms with Crippen molar-refractivity contribution < 1.29 is 0 Å². The molecule has 0 atom stereocenters. The number of rotatable bonds is 3. The summed E-state index contributed by atoms with van der Waals surface area (Å²) in [4.78, 5) is 13.7. The highest BCUT2D eigenvalue weighted by molar-refractivity contribution is 7.09. The second-order valence-corrected chi connectivity index (χ2v) is 4.17. The van der Waals surface area contributed by atoms with Crippen LogP contribution in [-0.2, 0) is 12.8 Å². The first-order chi connectivity index (χ1) is 7.28. The molecule has 0 amide bonds. The van der Waals surface area contributed by atoms with E-state index in [1.54, 1.807) is 11.3 Å². The molecule has 0 aromatic carbocycles. The highest BCUT2D eigenvalue weighted by Gasteiger charge is 2.04. The van der Waals surface area contributed by atoms with Crippen LogP contribution < -0.4 is 5.73 Å². The molecule has 0 spiro atoms. The Balaban J connectivity index is 2.24. The van der Waals surface area contributed by atoms with E-state index in [4.69, 9.17) is 5.73 Å². The molecule has 0 saturated heterocycles. The van der Waals surface area contributed by atoms with Crippen molar-refractivity contribution in [3.05, 3.63) is 34.0 Å². The molecule has 0 aliphatic rings. The van der Waals surface area contributed by atoms with Crippen LogP contribution in [0.4, 0.5) is 5.95 Å². The van der Waals surface area contributed by atoms with Crippen LogP contribution in [0.1, 0.15) is 23.4 Å². The highest BCUT2D eigenvalue weighted by atomic mass is 32.1. The Labute approximate surface area is 92.2 Å². The molecular formula is C10H12N4S. The summed E-state index contributed by atoms with van der Waals surface area (Å²) in [7, 11) is 0. The molecule has 2 heterocycles. The van der Waals surface area contributed by atoms with Crippen molar-refractivity contribution >= 4 is 17.3 Å². The molecule has 0 aliphatic heterocycles. The molecule has 0 saturated carbocycles. The third-order valence-corrected chi connectivity index (χ3v) is 2.85. The lowest BCUT2D eigenvalue weighted by atomic mass is 10.3. The van der Waals surface area contributed by atoms with E-state index in [9.17, 15) is 0 Å². The summed E-state index contributed by atoms with van der Waals surface area (Å²) >= 11 is 1.70. The second-order valence-electron chi connectivity index (χ2n) is 3.14. The summed E-state index contributed by atoms with van der Waals surface area (Å²) < 4.78 is 0. The quantitative estimate of drug-likeness (QED) is 0.854. The zero-order valence-corrected chi connectivity index (χ0v) is 9.29. The summed E-state index contributed by atoms with van der Waals surface area (Å²) in [6, 6.07) is 4.08. The Morgan fingerprint density at radius 1 is 1.27 bits per heavy atom. The molecule has 5 heteroatoms. The summed E-state index contributed by atoms with van der Waals surface area (Å²) in [6.07, 6.45) is 1.52. The van der Waals surface area contributed by atoms with E-state index in [0.717, 1.165) is 24.5 Å². The largest absolute Gasteiger partial charge is 0.368 e. The van der Waals surface area contributed by atoms with Crippen LogP contribution in [0.15, 0.2) is 17.5 Å². The number of thiophene rings is 1. The Bertz CT molecular complexity index is 439. The molecule has 15 heavy (non-hydrogen) atoms. The minimum absolute atomic E-state index is 0.313. The number of hydrogen-bond acceptors (Lipinski definition) is 5. The summed E-state index contributed by atoms with van der Waals surface area (Å²) in [5.74, 6) is 1.82. The maximum absolute atomic E-state index is 5.61. The molecule has 4 nitrogen and oxygen atoms in total. The van der Waals surface area contributed by atoms with E-state index >= 15 is 0 Å². The molecule has 0 radical (unpaired) electrons. The van der Waals surface area contributed by atoms with E-state index in [1.165, 1.54) is 4.88 Å². The van der Waals surface area contributed by atoms with Crippen LogP contribution in [0.3, 0.4) is 0 Å². The van der Waals surface area contributed by atoms with Gasteiger partial charge in [0.05, 0.1) is 0 Å². The zero-order chi connectivity index (χ0) is 10.7. The number of anilines is 1. The summed E-state index contributed by atoms with van der Waals surface area (Å²) in [6.45, 7) is 2.00. The van der Waals surface area contributed by atoms with E-state index in [-0.39, 0.29) is 0 Å². The van der Waals surface area contributed by atoms with Gasteiger partial charge in [-0.05, 0) is 11.4 Å². The Morgan fingerprint density at radius 3 is 2.73 bits per heavy atom. The third kappa shape index (κ3) is 2.50. The van der Waals surface area contributed by atoms with Crippen LogP contribution >= 0.6 is 11.3 Å². The molecule has 2 aromatic rings. The van der Waals surface area contributed by atoms with Gasteiger partial charge >= 0.3 is 0 Å². The molecule has 0 aliphatic carbocycles. The van der Waals surface area contributed by atoms with Crippen molar-refractivity contribution in [1.82, 2.24) is 15.0 Å². The number of hydrogen-bond donors (Lipinski definition) is 1. The molecular weight excluding hydrogens is 208 g/mol. The number of nitrogen functional groups attached to an aromatic ring is 1. The van der Waals surface area contributed by atoms with Crippen LogP contribution in [0.2, 0.25) is 0 Å². The van der Waals surface area contributed by atoms with Crippen molar-refractivity contribution in [2.75, 3.05) is 5.73 Å². The first kappa shape index (κ1) is 10.0. The smallest absolute Gasteiger partial charge is 0.223 e. The van der Waals surface area contributed by atoms with Gasteiger partial charge in [0.25, 0.3) is 0 Å². The lowest BCUT2D eigenvalue weighted by Crippen LogP contribution is -2.06. The van der Waals surface area contributed by atoms with Gasteiger partial charge in [-0.25, -0.2) is 4.98 Å². The van der Waals surface area contributed by atoms with Crippen molar-refractivity contribution in [3.63, 3.8) is 0 Å². The topological polar surface area (TPSA) is 64.7 Å². The molecule has 0 bridgehead atoms. The van der Waals surface area contributed by atoms with Gasteiger partial charge in [0.15, 0.2) is 0 Å². The number of nitrogens with zero attached hydrogens (tertiary/aromatic N) is 3. The van der Waals surface area contributed by atoms with Crippen molar-refractivity contribution in [1.29, 1.82) is 0 Å². The van der Waals surface area contributed by atoms with E-state index < -0.39 is 0 Å². The highest BCUT2D eigenvalue weighted by Crippen LogP contribution is 2.12. The molecule has 2 aromatic heterocycles. The van der Waals surface area contributed by atoms with E-state index in [0.29, 0.717) is 5.95 Å². The van der Waals surface area contributed by atoms with Gasteiger partial charge in [0.1, 0.15) is 11.6 Å². The fraction of sp³-hybridized carbons (Fsp3) is 0.300. The van der Waals surface area contributed by atoms with E-state index in [1.807, 2.05) is 18.4 Å². The molecule has 2 rings (SSSR count). The second kappa shape index (κ2) is 4.35. The fourth-order valence-corrected chi connectivity index (χ4v) is 2.00. The van der Waals surface area contributed by atoms with Gasteiger partial charge in [-0.2, -0.15) is 9.97 Å². The van der Waals surface area contributed by atoms with Gasteiger partial charge < -0.3 is 5.73 Å². The van der Waals surface area contributed by atoms with Gasteiger partial charge in [0, 0.05) is 17.7 Å². The standard InChI is InChI=1S/C10H12N4S/c1-2-8-12-9(14-10(11)13-8)6-7-4-3-5-15-7/h3-5H,2,6H2,1H3,(H2,11,12,13,14). The lowest BCUT2D eigenvalue weighted by Gasteiger charge is -2.01. The zero-order valence-electron chi connectivity index (χ0n) is 8.47. The lowest BCUT2D eigenvalue weighted by molar-refractivity contribution is 0.849.